The maximum absolute atomic E-state index is 13.9. The van der Waals surface area contributed by atoms with Gasteiger partial charge in [-0.3, -0.25) is 9.59 Å². The third kappa shape index (κ3) is 4.78. The van der Waals surface area contributed by atoms with Crippen LogP contribution in [0.3, 0.4) is 0 Å². The molecule has 1 N–H and O–H groups in total. The van der Waals surface area contributed by atoms with Crippen LogP contribution in [0.5, 0.6) is 0 Å². The van der Waals surface area contributed by atoms with E-state index in [2.05, 4.69) is 4.98 Å². The van der Waals surface area contributed by atoms with E-state index in [-0.39, 0.29) is 24.2 Å². The first-order valence-electron chi connectivity index (χ1n) is 8.13. The maximum Gasteiger partial charge on any atom is 0.311 e. The highest BCUT2D eigenvalue weighted by Crippen LogP contribution is 2.27. The number of carbonyl (C=O) groups excluding carboxylic acids is 1. The number of halogens is 2. The number of Topliss-reactive ketones (excluding diaryl/α,β-unsaturated/α-hetero) is 1. The molecule has 0 aliphatic carbocycles. The molecular formula is C20H15ClFNO3S. The third-order valence-corrected chi connectivity index (χ3v) is 5.19. The van der Waals surface area contributed by atoms with E-state index in [1.54, 1.807) is 23.6 Å². The predicted octanol–water partition coefficient (Wildman–Crippen LogP) is 4.97. The van der Waals surface area contributed by atoms with Gasteiger partial charge in [0.25, 0.3) is 0 Å². The molecule has 0 spiro atoms. The van der Waals surface area contributed by atoms with Gasteiger partial charge < -0.3 is 5.11 Å². The number of carboxylic acid groups (broad SMARTS) is 1. The van der Waals surface area contributed by atoms with Crippen molar-refractivity contribution in [3.05, 3.63) is 76.0 Å². The Hall–Kier alpha value is -2.57. The number of hydrogen-bond acceptors (Lipinski definition) is 4. The van der Waals surface area contributed by atoms with E-state index in [1.807, 2.05) is 12.1 Å². The molecule has 3 rings (SSSR count). The van der Waals surface area contributed by atoms with Crippen LogP contribution >= 0.6 is 22.9 Å². The molecule has 0 aliphatic rings. The summed E-state index contributed by atoms with van der Waals surface area (Å²) < 4.78 is 13.9. The molecule has 0 radical (unpaired) electrons. The zero-order chi connectivity index (χ0) is 19.4. The number of hydrogen-bond donors (Lipinski definition) is 1. The van der Waals surface area contributed by atoms with Gasteiger partial charge in [-0.05, 0) is 18.2 Å². The summed E-state index contributed by atoms with van der Waals surface area (Å²) in [5.41, 5.74) is 1.41. The summed E-state index contributed by atoms with van der Waals surface area (Å²) in [5, 5.41) is 12.5. The van der Waals surface area contributed by atoms with E-state index < -0.39 is 17.7 Å². The molecule has 0 amide bonds. The average molecular weight is 404 g/mol. The highest BCUT2D eigenvalue weighted by Gasteiger charge is 2.26. The first-order valence-corrected chi connectivity index (χ1v) is 9.39. The highest BCUT2D eigenvalue weighted by atomic mass is 35.5. The van der Waals surface area contributed by atoms with E-state index in [1.165, 1.54) is 29.5 Å². The number of nitrogens with zero attached hydrogens (tertiary/aromatic N) is 1. The lowest BCUT2D eigenvalue weighted by Crippen LogP contribution is -2.18. The molecule has 3 aromatic rings. The van der Waals surface area contributed by atoms with E-state index in [4.69, 9.17) is 11.6 Å². The molecule has 0 aliphatic heterocycles. The quantitative estimate of drug-likeness (QED) is 0.604. The summed E-state index contributed by atoms with van der Waals surface area (Å²) in [6, 6.07) is 12.8. The van der Waals surface area contributed by atoms with Gasteiger partial charge in [-0.2, -0.15) is 0 Å². The van der Waals surface area contributed by atoms with Gasteiger partial charge >= 0.3 is 5.97 Å². The van der Waals surface area contributed by atoms with Crippen molar-refractivity contribution in [2.45, 2.75) is 18.8 Å². The average Bonchev–Trinajstić information content (AvgIpc) is 3.09. The minimum Gasteiger partial charge on any atom is -0.481 e. The van der Waals surface area contributed by atoms with Gasteiger partial charge in [0.15, 0.2) is 0 Å². The standard InChI is InChI=1S/C20H15ClFNO3S/c21-13-5-3-4-12(8-13)19-23-14(11-27-19)9-15(24)10-17(20(25)26)16-6-1-2-7-18(16)22/h1-8,11,17H,9-10H2,(H,25,26). The van der Waals surface area contributed by atoms with Gasteiger partial charge in [-0.1, -0.05) is 41.9 Å². The zero-order valence-corrected chi connectivity index (χ0v) is 15.6. The smallest absolute Gasteiger partial charge is 0.311 e. The molecule has 138 valence electrons. The third-order valence-electron chi connectivity index (χ3n) is 4.01. The van der Waals surface area contributed by atoms with Gasteiger partial charge in [-0.15, -0.1) is 11.3 Å². The molecule has 1 heterocycles. The fourth-order valence-electron chi connectivity index (χ4n) is 2.73. The molecule has 0 saturated carbocycles. The largest absolute Gasteiger partial charge is 0.481 e. The number of benzene rings is 2. The van der Waals surface area contributed by atoms with Crippen LogP contribution in [0, 0.1) is 5.82 Å². The fourth-order valence-corrected chi connectivity index (χ4v) is 3.74. The Morgan fingerprint density at radius 2 is 1.96 bits per heavy atom. The minimum absolute atomic E-state index is 0.00466. The molecule has 7 heteroatoms. The fraction of sp³-hybridized carbons (Fsp3) is 0.150. The Balaban J connectivity index is 1.72. The lowest BCUT2D eigenvalue weighted by molar-refractivity contribution is -0.140. The Kier molecular flexibility index (Phi) is 5.98. The Morgan fingerprint density at radius 1 is 1.19 bits per heavy atom. The van der Waals surface area contributed by atoms with Crippen molar-refractivity contribution in [2.75, 3.05) is 0 Å². The minimum atomic E-state index is -1.23. The van der Waals surface area contributed by atoms with Crippen molar-refractivity contribution < 1.29 is 19.1 Å². The summed E-state index contributed by atoms with van der Waals surface area (Å²) >= 11 is 7.36. The van der Waals surface area contributed by atoms with Gasteiger partial charge in [0.05, 0.1) is 11.6 Å². The van der Waals surface area contributed by atoms with Gasteiger partial charge in [0.1, 0.15) is 16.6 Å². The molecule has 0 fully saturated rings. The summed E-state index contributed by atoms with van der Waals surface area (Å²) in [7, 11) is 0. The second-order valence-corrected chi connectivity index (χ2v) is 7.28. The first kappa shape index (κ1) is 19.2. The predicted molar refractivity (Wildman–Crippen MR) is 103 cm³/mol. The van der Waals surface area contributed by atoms with Crippen LogP contribution in [0.4, 0.5) is 4.39 Å². The van der Waals surface area contributed by atoms with E-state index >= 15 is 0 Å². The van der Waals surface area contributed by atoms with Crippen molar-refractivity contribution in [1.29, 1.82) is 0 Å². The SMILES string of the molecule is O=C(Cc1csc(-c2cccc(Cl)c2)n1)CC(C(=O)O)c1ccccc1F. The molecule has 1 atom stereocenters. The van der Waals surface area contributed by atoms with Crippen molar-refractivity contribution >= 4 is 34.7 Å². The molecule has 4 nitrogen and oxygen atoms in total. The number of ketones is 1. The van der Waals surface area contributed by atoms with E-state index in [0.29, 0.717) is 10.7 Å². The molecule has 27 heavy (non-hydrogen) atoms. The van der Waals surface area contributed by atoms with Crippen LogP contribution in [-0.4, -0.2) is 21.8 Å². The molecule has 0 saturated heterocycles. The van der Waals surface area contributed by atoms with Crippen LogP contribution in [-0.2, 0) is 16.0 Å². The van der Waals surface area contributed by atoms with Crippen LogP contribution in [0.15, 0.2) is 53.9 Å². The summed E-state index contributed by atoms with van der Waals surface area (Å²) in [5.74, 6) is -3.39. The number of aromatic nitrogens is 1. The monoisotopic (exact) mass is 403 g/mol. The Labute approximate surface area is 164 Å². The van der Waals surface area contributed by atoms with Crippen LogP contribution < -0.4 is 0 Å². The Bertz CT molecular complexity index is 989. The lowest BCUT2D eigenvalue weighted by atomic mass is 9.92. The summed E-state index contributed by atoms with van der Waals surface area (Å²) in [6.07, 6.45) is -0.296. The van der Waals surface area contributed by atoms with Crippen LogP contribution in [0.2, 0.25) is 5.02 Å². The molecule has 2 aromatic carbocycles. The topological polar surface area (TPSA) is 67.3 Å². The molecule has 1 unspecified atom stereocenters. The lowest BCUT2D eigenvalue weighted by Gasteiger charge is -2.12. The van der Waals surface area contributed by atoms with Gasteiger partial charge in [0, 0.05) is 34.4 Å². The van der Waals surface area contributed by atoms with Gasteiger partial charge in [-0.25, -0.2) is 9.37 Å². The highest BCUT2D eigenvalue weighted by molar-refractivity contribution is 7.13. The van der Waals surface area contributed by atoms with Crippen molar-refractivity contribution in [1.82, 2.24) is 4.98 Å². The van der Waals surface area contributed by atoms with E-state index in [0.717, 1.165) is 10.6 Å². The van der Waals surface area contributed by atoms with Crippen molar-refractivity contribution in [2.24, 2.45) is 0 Å². The van der Waals surface area contributed by atoms with Crippen LogP contribution in [0.1, 0.15) is 23.6 Å². The number of rotatable bonds is 7. The number of aliphatic carboxylic acids is 1. The normalized spacial score (nSPS) is 11.9. The number of carboxylic acids is 1. The second-order valence-electron chi connectivity index (χ2n) is 5.99. The molecular weight excluding hydrogens is 389 g/mol. The zero-order valence-electron chi connectivity index (χ0n) is 14.1. The first-order chi connectivity index (χ1) is 12.9. The van der Waals surface area contributed by atoms with E-state index in [9.17, 15) is 19.1 Å². The second kappa shape index (κ2) is 8.41. The van der Waals surface area contributed by atoms with Gasteiger partial charge in [0.2, 0.25) is 0 Å². The van der Waals surface area contributed by atoms with Crippen molar-refractivity contribution in [3.8, 4) is 10.6 Å². The number of thiazole rings is 1. The maximum atomic E-state index is 13.9. The summed E-state index contributed by atoms with van der Waals surface area (Å²) in [4.78, 5) is 28.3. The van der Waals surface area contributed by atoms with Crippen molar-refractivity contribution in [3.63, 3.8) is 0 Å². The Morgan fingerprint density at radius 3 is 2.67 bits per heavy atom. The summed E-state index contributed by atoms with van der Waals surface area (Å²) in [6.45, 7) is 0. The molecule has 1 aromatic heterocycles. The number of carbonyl (C=O) groups is 2. The molecule has 0 bridgehead atoms. The van der Waals surface area contributed by atoms with Crippen LogP contribution in [0.25, 0.3) is 10.6 Å².